The van der Waals surface area contributed by atoms with Gasteiger partial charge in [0.15, 0.2) is 23.1 Å². The number of Topliss-reactive ketones (excluding diaryl/α,β-unsaturated/α-hetero) is 1. The number of ketones is 2. The fourth-order valence-electron chi connectivity index (χ4n) is 6.33. The predicted molar refractivity (Wildman–Crippen MR) is 135 cm³/mol. The highest BCUT2D eigenvalue weighted by Gasteiger charge is 2.56. The molecule has 0 radical (unpaired) electrons. The molecule has 2 amide bonds. The standard InChI is InChI=1S/C28H26ClNO8/c1-12-8-19(31)17-11-16-14(5-6-15-23(16)28(37)30(27(15)36)7-3-4-21(32)33)22(24(17)25(12)34)13-9-18(29)26(35)20(10-13)38-2/h5,8-10,15-16,22-23,35H,3-4,6-7,11H2,1-2H3,(H,32,33). The number of amides is 2. The second-order valence-corrected chi connectivity index (χ2v) is 10.5. The summed E-state index contributed by atoms with van der Waals surface area (Å²) in [7, 11) is 1.37. The van der Waals surface area contributed by atoms with Gasteiger partial charge in [0.05, 0.1) is 24.0 Å². The zero-order valence-corrected chi connectivity index (χ0v) is 21.6. The van der Waals surface area contributed by atoms with Gasteiger partial charge in [-0.05, 0) is 55.9 Å². The van der Waals surface area contributed by atoms with Gasteiger partial charge in [-0.1, -0.05) is 23.3 Å². The van der Waals surface area contributed by atoms with E-state index in [-0.39, 0.29) is 72.1 Å². The first kappa shape index (κ1) is 25.9. The van der Waals surface area contributed by atoms with Crippen molar-refractivity contribution in [3.8, 4) is 11.5 Å². The van der Waals surface area contributed by atoms with Crippen molar-refractivity contribution in [1.29, 1.82) is 0 Å². The minimum absolute atomic E-state index is 0.0106. The number of hydrogen-bond donors (Lipinski definition) is 2. The van der Waals surface area contributed by atoms with E-state index < -0.39 is 29.6 Å². The van der Waals surface area contributed by atoms with Gasteiger partial charge < -0.3 is 14.9 Å². The zero-order valence-electron chi connectivity index (χ0n) is 20.8. The summed E-state index contributed by atoms with van der Waals surface area (Å²) in [5.74, 6) is -5.06. The Labute approximate surface area is 223 Å². The highest BCUT2D eigenvalue weighted by molar-refractivity contribution is 6.32. The van der Waals surface area contributed by atoms with Crippen LogP contribution in [-0.4, -0.2) is 58.1 Å². The number of aliphatic carboxylic acids is 1. The molecule has 38 heavy (non-hydrogen) atoms. The molecule has 1 fully saturated rings. The van der Waals surface area contributed by atoms with Crippen molar-refractivity contribution in [1.82, 2.24) is 4.90 Å². The van der Waals surface area contributed by atoms with E-state index >= 15 is 0 Å². The first-order valence-electron chi connectivity index (χ1n) is 12.4. The van der Waals surface area contributed by atoms with E-state index in [4.69, 9.17) is 21.4 Å². The third kappa shape index (κ3) is 3.96. The van der Waals surface area contributed by atoms with E-state index in [1.165, 1.54) is 19.3 Å². The maximum absolute atomic E-state index is 13.6. The van der Waals surface area contributed by atoms with Crippen LogP contribution in [0, 0.1) is 17.8 Å². The smallest absolute Gasteiger partial charge is 0.303 e. The van der Waals surface area contributed by atoms with Crippen molar-refractivity contribution in [2.45, 2.75) is 38.5 Å². The Morgan fingerprint density at radius 1 is 1.16 bits per heavy atom. The minimum atomic E-state index is -1.01. The summed E-state index contributed by atoms with van der Waals surface area (Å²) >= 11 is 6.31. The predicted octanol–water partition coefficient (Wildman–Crippen LogP) is 3.35. The number of rotatable bonds is 6. The number of allylic oxidation sites excluding steroid dienone is 6. The summed E-state index contributed by atoms with van der Waals surface area (Å²) in [5.41, 5.74) is 2.20. The van der Waals surface area contributed by atoms with Crippen molar-refractivity contribution in [3.05, 3.63) is 57.2 Å². The number of imide groups is 1. The number of methoxy groups -OCH3 is 1. The summed E-state index contributed by atoms with van der Waals surface area (Å²) < 4.78 is 5.29. The second-order valence-electron chi connectivity index (χ2n) is 10.1. The average molecular weight is 540 g/mol. The molecule has 198 valence electrons. The summed E-state index contributed by atoms with van der Waals surface area (Å²) in [6.45, 7) is 1.59. The number of hydrogen-bond acceptors (Lipinski definition) is 7. The number of fused-ring (bicyclic) bond motifs is 3. The number of phenolic OH excluding ortho intramolecular Hbond substituents is 1. The van der Waals surface area contributed by atoms with Crippen molar-refractivity contribution in [2.75, 3.05) is 13.7 Å². The number of carbonyl (C=O) groups is 5. The van der Waals surface area contributed by atoms with Gasteiger partial charge in [-0.3, -0.25) is 28.9 Å². The quantitative estimate of drug-likeness (QED) is 0.319. The number of ether oxygens (including phenoxy) is 1. The van der Waals surface area contributed by atoms with Gasteiger partial charge in [-0.2, -0.15) is 0 Å². The van der Waals surface area contributed by atoms with E-state index in [2.05, 4.69) is 0 Å². The number of carboxylic acids is 1. The molecule has 10 heteroatoms. The number of phenols is 1. The highest BCUT2D eigenvalue weighted by atomic mass is 35.5. The Morgan fingerprint density at radius 2 is 1.89 bits per heavy atom. The Hall–Kier alpha value is -3.72. The molecule has 0 spiro atoms. The fourth-order valence-corrected chi connectivity index (χ4v) is 6.55. The van der Waals surface area contributed by atoms with Gasteiger partial charge in [0.25, 0.3) is 0 Å². The largest absolute Gasteiger partial charge is 0.503 e. The maximum Gasteiger partial charge on any atom is 0.303 e. The van der Waals surface area contributed by atoms with E-state index in [9.17, 15) is 29.1 Å². The van der Waals surface area contributed by atoms with Crippen LogP contribution in [0.2, 0.25) is 5.02 Å². The van der Waals surface area contributed by atoms with E-state index in [1.807, 2.05) is 6.08 Å². The Bertz CT molecular complexity index is 1400. The molecular formula is C28H26ClNO8. The first-order valence-corrected chi connectivity index (χ1v) is 12.8. The molecule has 1 aromatic carbocycles. The van der Waals surface area contributed by atoms with Crippen LogP contribution in [0.4, 0.5) is 0 Å². The lowest BCUT2D eigenvalue weighted by Gasteiger charge is -2.42. The molecule has 1 saturated heterocycles. The Morgan fingerprint density at radius 3 is 2.58 bits per heavy atom. The number of likely N-dealkylation sites (tertiary alicyclic amines) is 1. The lowest BCUT2D eigenvalue weighted by atomic mass is 9.59. The number of carboxylic acid groups (broad SMARTS) is 1. The molecule has 0 aromatic heterocycles. The number of halogens is 1. The number of nitrogens with zero attached hydrogens (tertiary/aromatic N) is 1. The normalized spacial score (nSPS) is 26.6. The maximum atomic E-state index is 13.6. The van der Waals surface area contributed by atoms with Crippen molar-refractivity contribution < 1.29 is 38.9 Å². The molecule has 9 nitrogen and oxygen atoms in total. The summed E-state index contributed by atoms with van der Waals surface area (Å²) in [5, 5.41) is 19.3. The molecule has 5 rings (SSSR count). The number of carbonyl (C=O) groups excluding carboxylic acids is 4. The van der Waals surface area contributed by atoms with Crippen LogP contribution in [0.15, 0.2) is 46.6 Å². The molecule has 1 heterocycles. The summed E-state index contributed by atoms with van der Waals surface area (Å²) in [6.07, 6.45) is 3.58. The molecule has 4 aliphatic rings. The van der Waals surface area contributed by atoms with E-state index in [0.29, 0.717) is 22.3 Å². The summed E-state index contributed by atoms with van der Waals surface area (Å²) in [6, 6.07) is 3.09. The average Bonchev–Trinajstić information content (AvgIpc) is 3.12. The Kier molecular flexibility index (Phi) is 6.51. The molecule has 0 bridgehead atoms. The van der Waals surface area contributed by atoms with Crippen molar-refractivity contribution in [2.24, 2.45) is 17.8 Å². The van der Waals surface area contributed by atoms with Gasteiger partial charge in [0.1, 0.15) is 0 Å². The third-order valence-corrected chi connectivity index (χ3v) is 8.32. The van der Waals surface area contributed by atoms with E-state index in [1.54, 1.807) is 13.0 Å². The van der Waals surface area contributed by atoms with Crippen LogP contribution in [0.5, 0.6) is 11.5 Å². The SMILES string of the molecule is COc1cc(C2C3=CCC4C(=O)N(CCCC(=O)O)C(=O)C4C3CC3=C2C(=O)C(C)=CC3=O)cc(Cl)c1O. The van der Waals surface area contributed by atoms with Gasteiger partial charge in [0, 0.05) is 35.6 Å². The monoisotopic (exact) mass is 539 g/mol. The topological polar surface area (TPSA) is 138 Å². The number of benzene rings is 1. The van der Waals surface area contributed by atoms with Gasteiger partial charge in [-0.15, -0.1) is 0 Å². The van der Waals surface area contributed by atoms with Gasteiger partial charge in [-0.25, -0.2) is 0 Å². The van der Waals surface area contributed by atoms with Crippen LogP contribution in [0.25, 0.3) is 0 Å². The van der Waals surface area contributed by atoms with E-state index in [0.717, 1.165) is 10.5 Å². The molecule has 2 N–H and O–H groups in total. The van der Waals surface area contributed by atoms with Crippen LogP contribution >= 0.6 is 11.6 Å². The lowest BCUT2D eigenvalue weighted by molar-refractivity contribution is -0.142. The molecule has 1 aliphatic heterocycles. The van der Waals surface area contributed by atoms with Gasteiger partial charge in [0.2, 0.25) is 11.8 Å². The van der Waals surface area contributed by atoms with Crippen LogP contribution < -0.4 is 4.74 Å². The zero-order chi connectivity index (χ0) is 27.5. The molecule has 1 aromatic rings. The van der Waals surface area contributed by atoms with Crippen LogP contribution in [0.1, 0.15) is 44.1 Å². The summed E-state index contributed by atoms with van der Waals surface area (Å²) in [4.78, 5) is 65.5. The molecule has 3 aliphatic carbocycles. The van der Waals surface area contributed by atoms with Crippen molar-refractivity contribution in [3.63, 3.8) is 0 Å². The van der Waals surface area contributed by atoms with Crippen LogP contribution in [0.3, 0.4) is 0 Å². The second kappa shape index (κ2) is 9.54. The molecular weight excluding hydrogens is 514 g/mol. The Balaban J connectivity index is 1.61. The fraction of sp³-hybridized carbons (Fsp3) is 0.393. The highest BCUT2D eigenvalue weighted by Crippen LogP contribution is 2.56. The number of aromatic hydroxyl groups is 1. The minimum Gasteiger partial charge on any atom is -0.503 e. The third-order valence-electron chi connectivity index (χ3n) is 8.03. The lowest BCUT2D eigenvalue weighted by Crippen LogP contribution is -2.40. The molecule has 4 atom stereocenters. The molecule has 4 unspecified atom stereocenters. The van der Waals surface area contributed by atoms with Crippen LogP contribution in [-0.2, 0) is 24.0 Å². The van der Waals surface area contributed by atoms with Crippen molar-refractivity contribution >= 4 is 41.0 Å². The first-order chi connectivity index (χ1) is 18.0. The molecule has 0 saturated carbocycles. The van der Waals surface area contributed by atoms with Gasteiger partial charge >= 0.3 is 5.97 Å².